The van der Waals surface area contributed by atoms with Crippen LogP contribution in [0.3, 0.4) is 0 Å². The van der Waals surface area contributed by atoms with Crippen molar-refractivity contribution in [2.75, 3.05) is 26.9 Å². The molecule has 0 atom stereocenters. The Morgan fingerprint density at radius 3 is 2.21 bits per heavy atom. The maximum absolute atomic E-state index is 13.1. The molecule has 2 aromatic rings. The number of alkyl halides is 3. The summed E-state index contributed by atoms with van der Waals surface area (Å²) in [6.07, 6.45) is 0.615. The number of halogens is 4. The van der Waals surface area contributed by atoms with Gasteiger partial charge in [0.05, 0.1) is 18.2 Å². The van der Waals surface area contributed by atoms with Crippen molar-refractivity contribution in [2.24, 2.45) is 5.16 Å². The molecule has 0 heterocycles. The van der Waals surface area contributed by atoms with E-state index >= 15 is 0 Å². The van der Waals surface area contributed by atoms with Gasteiger partial charge in [-0.15, -0.1) is 0 Å². The molecule has 0 spiro atoms. The van der Waals surface area contributed by atoms with Crippen LogP contribution in [0.5, 0.6) is 17.2 Å². The molecule has 2 rings (SSSR count). The lowest BCUT2D eigenvalue weighted by molar-refractivity contribution is -0.0608. The molecular weight excluding hydrogens is 471 g/mol. The van der Waals surface area contributed by atoms with Crippen LogP contribution in [-0.4, -0.2) is 38.8 Å². The SMILES string of the molecule is C/C=C/COc1cc(C)c(OCCCCOc2ccc(/C(=N/OC)C(F)(F)F)cc2Cl)c(C)c1. The van der Waals surface area contributed by atoms with Crippen LogP contribution >= 0.6 is 11.6 Å². The fraction of sp³-hybridized carbons (Fsp3) is 0.400. The highest BCUT2D eigenvalue weighted by molar-refractivity contribution is 6.32. The summed E-state index contributed by atoms with van der Waals surface area (Å²) in [6, 6.07) is 7.68. The van der Waals surface area contributed by atoms with Crippen LogP contribution in [0.2, 0.25) is 5.02 Å². The Kier molecular flexibility index (Phi) is 10.6. The molecule has 0 N–H and O–H groups in total. The molecule has 0 saturated carbocycles. The molecule has 0 aliphatic heterocycles. The number of benzene rings is 2. The molecule has 5 nitrogen and oxygen atoms in total. The minimum Gasteiger partial charge on any atom is -0.493 e. The van der Waals surface area contributed by atoms with E-state index in [4.69, 9.17) is 25.8 Å². The first-order chi connectivity index (χ1) is 16.2. The van der Waals surface area contributed by atoms with E-state index in [1.165, 1.54) is 12.1 Å². The normalized spacial score (nSPS) is 12.2. The third kappa shape index (κ3) is 8.17. The van der Waals surface area contributed by atoms with Crippen LogP contribution in [0.1, 0.15) is 36.5 Å². The second-order valence-corrected chi connectivity index (χ2v) is 7.84. The van der Waals surface area contributed by atoms with Gasteiger partial charge in [0.2, 0.25) is 0 Å². The third-order valence-corrected chi connectivity index (χ3v) is 5.01. The average molecular weight is 500 g/mol. The van der Waals surface area contributed by atoms with Gasteiger partial charge in [0.15, 0.2) is 5.71 Å². The molecule has 0 amide bonds. The smallest absolute Gasteiger partial charge is 0.437 e. The van der Waals surface area contributed by atoms with Crippen molar-refractivity contribution in [2.45, 2.75) is 39.8 Å². The van der Waals surface area contributed by atoms with Gasteiger partial charge in [-0.1, -0.05) is 28.9 Å². The van der Waals surface area contributed by atoms with Crippen LogP contribution in [0.15, 0.2) is 47.6 Å². The minimum atomic E-state index is -4.67. The Morgan fingerprint density at radius 2 is 1.65 bits per heavy atom. The largest absolute Gasteiger partial charge is 0.493 e. The van der Waals surface area contributed by atoms with E-state index in [0.717, 1.165) is 42.2 Å². The molecule has 34 heavy (non-hydrogen) atoms. The first kappa shape index (κ1) is 27.4. The Labute approximate surface area is 203 Å². The van der Waals surface area contributed by atoms with Crippen molar-refractivity contribution < 1.29 is 32.2 Å². The lowest BCUT2D eigenvalue weighted by atomic mass is 10.1. The number of ether oxygens (including phenoxy) is 3. The minimum absolute atomic E-state index is 0.0600. The predicted octanol–water partition coefficient (Wildman–Crippen LogP) is 7.06. The second-order valence-electron chi connectivity index (χ2n) is 7.44. The Morgan fingerprint density at radius 1 is 1.00 bits per heavy atom. The Bertz CT molecular complexity index is 983. The molecule has 0 fully saturated rings. The van der Waals surface area contributed by atoms with Crippen LogP contribution in [-0.2, 0) is 4.84 Å². The zero-order chi connectivity index (χ0) is 25.1. The molecule has 0 aliphatic carbocycles. The summed E-state index contributed by atoms with van der Waals surface area (Å²) >= 11 is 6.10. The van der Waals surface area contributed by atoms with Crippen LogP contribution in [0.25, 0.3) is 0 Å². The first-order valence-corrected chi connectivity index (χ1v) is 11.1. The van der Waals surface area contributed by atoms with Gasteiger partial charge >= 0.3 is 6.18 Å². The monoisotopic (exact) mass is 499 g/mol. The summed E-state index contributed by atoms with van der Waals surface area (Å²) in [6.45, 7) is 7.25. The van der Waals surface area contributed by atoms with Gasteiger partial charge in [0, 0.05) is 5.56 Å². The zero-order valence-corrected chi connectivity index (χ0v) is 20.4. The Hall–Kier alpha value is -2.87. The van der Waals surface area contributed by atoms with Crippen molar-refractivity contribution in [3.8, 4) is 17.2 Å². The molecule has 2 aromatic carbocycles. The fourth-order valence-corrected chi connectivity index (χ4v) is 3.38. The molecule has 0 radical (unpaired) electrons. The zero-order valence-electron chi connectivity index (χ0n) is 19.7. The quantitative estimate of drug-likeness (QED) is 0.136. The number of rotatable bonds is 12. The average Bonchev–Trinajstić information content (AvgIpc) is 2.76. The van der Waals surface area contributed by atoms with Gasteiger partial charge in [-0.2, -0.15) is 13.2 Å². The van der Waals surface area contributed by atoms with E-state index in [2.05, 4.69) is 9.99 Å². The van der Waals surface area contributed by atoms with Gasteiger partial charge in [-0.3, -0.25) is 0 Å². The van der Waals surface area contributed by atoms with E-state index in [9.17, 15) is 13.2 Å². The van der Waals surface area contributed by atoms with E-state index in [0.29, 0.717) is 32.0 Å². The topological polar surface area (TPSA) is 49.3 Å². The summed E-state index contributed by atoms with van der Waals surface area (Å²) in [5.41, 5.74) is 0.621. The number of aryl methyl sites for hydroxylation is 2. The van der Waals surface area contributed by atoms with Crippen molar-refractivity contribution >= 4 is 17.3 Å². The van der Waals surface area contributed by atoms with E-state index < -0.39 is 11.9 Å². The highest BCUT2D eigenvalue weighted by atomic mass is 35.5. The van der Waals surface area contributed by atoms with E-state index in [1.807, 2.05) is 45.1 Å². The van der Waals surface area contributed by atoms with Gasteiger partial charge in [0.25, 0.3) is 0 Å². The number of hydrogen-bond acceptors (Lipinski definition) is 5. The standard InChI is InChI=1S/C25H29ClF3NO4/c1-5-6-11-32-20-14-17(2)23(18(3)15-20)34-13-8-7-12-33-22-10-9-19(16-21(22)26)24(30-31-4)25(27,28)29/h5-6,9-10,14-16H,7-8,11-13H2,1-4H3/b6-5+,30-24-. The van der Waals surface area contributed by atoms with Gasteiger partial charge < -0.3 is 19.0 Å². The highest BCUT2D eigenvalue weighted by Crippen LogP contribution is 2.31. The summed E-state index contributed by atoms with van der Waals surface area (Å²) < 4.78 is 56.5. The van der Waals surface area contributed by atoms with E-state index in [-0.39, 0.29) is 10.6 Å². The van der Waals surface area contributed by atoms with Crippen molar-refractivity contribution in [3.05, 3.63) is 64.2 Å². The van der Waals surface area contributed by atoms with Crippen LogP contribution in [0, 0.1) is 13.8 Å². The van der Waals surface area contributed by atoms with Gasteiger partial charge in [0.1, 0.15) is 31.0 Å². The maximum Gasteiger partial charge on any atom is 0.437 e. The summed E-state index contributed by atoms with van der Waals surface area (Å²) in [5.74, 6) is 1.93. The lowest BCUT2D eigenvalue weighted by Gasteiger charge is -2.15. The molecule has 9 heteroatoms. The van der Waals surface area contributed by atoms with Gasteiger partial charge in [-0.05, 0) is 75.1 Å². The molecule has 0 aliphatic rings. The van der Waals surface area contributed by atoms with Gasteiger partial charge in [-0.25, -0.2) is 0 Å². The van der Waals surface area contributed by atoms with Crippen LogP contribution in [0.4, 0.5) is 13.2 Å². The molecule has 0 aromatic heterocycles. The molecule has 0 bridgehead atoms. The summed E-state index contributed by atoms with van der Waals surface area (Å²) in [7, 11) is 1.05. The van der Waals surface area contributed by atoms with Crippen LogP contribution < -0.4 is 14.2 Å². The maximum atomic E-state index is 13.1. The number of nitrogens with zero attached hydrogens (tertiary/aromatic N) is 1. The van der Waals surface area contributed by atoms with Crippen molar-refractivity contribution in [3.63, 3.8) is 0 Å². The molecule has 186 valence electrons. The summed E-state index contributed by atoms with van der Waals surface area (Å²) in [5, 5.41) is 3.12. The molecular formula is C25H29ClF3NO4. The lowest BCUT2D eigenvalue weighted by Crippen LogP contribution is -2.24. The third-order valence-electron chi connectivity index (χ3n) is 4.71. The number of allylic oxidation sites excluding steroid dienone is 1. The number of oxime groups is 1. The Balaban J connectivity index is 1.83. The van der Waals surface area contributed by atoms with Crippen molar-refractivity contribution in [1.29, 1.82) is 0 Å². The fourth-order valence-electron chi connectivity index (χ4n) is 3.15. The second kappa shape index (κ2) is 13.1. The van der Waals surface area contributed by atoms with E-state index in [1.54, 1.807) is 0 Å². The first-order valence-electron chi connectivity index (χ1n) is 10.8. The van der Waals surface area contributed by atoms with Crippen molar-refractivity contribution in [1.82, 2.24) is 0 Å². The summed E-state index contributed by atoms with van der Waals surface area (Å²) in [4.78, 5) is 4.30. The molecule has 0 saturated heterocycles. The number of hydrogen-bond donors (Lipinski definition) is 0. The molecule has 0 unspecified atom stereocenters. The number of unbranched alkanes of at least 4 members (excludes halogenated alkanes) is 1. The highest BCUT2D eigenvalue weighted by Gasteiger charge is 2.38. The predicted molar refractivity (Wildman–Crippen MR) is 128 cm³/mol.